The number of hydrogen-bond donors (Lipinski definition) is 1. The first kappa shape index (κ1) is 20.3. The third kappa shape index (κ3) is 3.52. The van der Waals surface area contributed by atoms with Gasteiger partial charge in [0, 0.05) is 18.1 Å². The number of urea groups is 1. The number of likely N-dealkylation sites (tertiary alicyclic amines) is 1. The Labute approximate surface area is 176 Å². The fourth-order valence-corrected chi connectivity index (χ4v) is 4.07. The molecule has 4 amide bonds. The van der Waals surface area contributed by atoms with Gasteiger partial charge in [-0.3, -0.25) is 14.5 Å². The molecule has 9 heteroatoms. The van der Waals surface area contributed by atoms with E-state index in [1.165, 1.54) is 4.90 Å². The minimum absolute atomic E-state index is 0.0449. The van der Waals surface area contributed by atoms with Crippen LogP contribution >= 0.6 is 11.6 Å². The van der Waals surface area contributed by atoms with Gasteiger partial charge in [0.2, 0.25) is 0 Å². The van der Waals surface area contributed by atoms with Gasteiger partial charge < -0.3 is 10.2 Å². The summed E-state index contributed by atoms with van der Waals surface area (Å²) < 4.78 is 27.3. The number of nitrogens with one attached hydrogen (secondary N) is 1. The number of carbonyl (C=O) groups excluding carboxylic acids is 3. The summed E-state index contributed by atoms with van der Waals surface area (Å²) >= 11 is 6.14. The molecule has 0 radical (unpaired) electrons. The van der Waals surface area contributed by atoms with Crippen molar-refractivity contribution < 1.29 is 23.2 Å². The Morgan fingerprint density at radius 1 is 1.10 bits per heavy atom. The van der Waals surface area contributed by atoms with Crippen LogP contribution in [0.3, 0.4) is 0 Å². The van der Waals surface area contributed by atoms with Crippen molar-refractivity contribution in [3.8, 4) is 0 Å². The van der Waals surface area contributed by atoms with Crippen molar-refractivity contribution in [2.75, 3.05) is 13.1 Å². The molecule has 1 spiro atoms. The van der Waals surface area contributed by atoms with Crippen molar-refractivity contribution in [3.63, 3.8) is 0 Å². The average Bonchev–Trinajstić information content (AvgIpc) is 2.95. The molecule has 1 N–H and O–H groups in total. The largest absolute Gasteiger partial charge is 0.338 e. The van der Waals surface area contributed by atoms with E-state index in [1.807, 2.05) is 0 Å². The van der Waals surface area contributed by atoms with Crippen molar-refractivity contribution in [2.24, 2.45) is 0 Å². The lowest BCUT2D eigenvalue weighted by Crippen LogP contribution is -2.55. The number of hydrogen-bond acceptors (Lipinski definition) is 3. The highest BCUT2D eigenvalue weighted by Gasteiger charge is 2.52. The maximum atomic E-state index is 13.9. The van der Waals surface area contributed by atoms with Crippen LogP contribution in [0.2, 0.25) is 5.02 Å². The molecule has 2 aromatic carbocycles. The second kappa shape index (κ2) is 7.68. The van der Waals surface area contributed by atoms with Crippen LogP contribution in [0.5, 0.6) is 0 Å². The fraction of sp³-hybridized carbons (Fsp3) is 0.286. The molecular weight excluding hydrogens is 416 g/mol. The Hall–Kier alpha value is -3.00. The van der Waals surface area contributed by atoms with Crippen LogP contribution in [0.4, 0.5) is 13.6 Å². The van der Waals surface area contributed by atoms with E-state index >= 15 is 0 Å². The molecule has 0 saturated carbocycles. The van der Waals surface area contributed by atoms with Gasteiger partial charge in [-0.2, -0.15) is 0 Å². The average molecular weight is 434 g/mol. The van der Waals surface area contributed by atoms with Crippen LogP contribution in [0, 0.1) is 11.6 Å². The molecule has 0 aliphatic carbocycles. The van der Waals surface area contributed by atoms with Gasteiger partial charge in [0.15, 0.2) is 0 Å². The highest BCUT2D eigenvalue weighted by atomic mass is 35.5. The third-order valence-corrected chi connectivity index (χ3v) is 5.96. The monoisotopic (exact) mass is 433 g/mol. The van der Waals surface area contributed by atoms with Gasteiger partial charge in [-0.25, -0.2) is 13.6 Å². The Morgan fingerprint density at radius 3 is 2.50 bits per heavy atom. The highest BCUT2D eigenvalue weighted by Crippen LogP contribution is 2.32. The first-order valence-electron chi connectivity index (χ1n) is 9.42. The van der Waals surface area contributed by atoms with Crippen LogP contribution < -0.4 is 5.32 Å². The molecule has 0 aromatic heterocycles. The van der Waals surface area contributed by atoms with Crippen LogP contribution in [0.25, 0.3) is 0 Å². The number of halogens is 3. The van der Waals surface area contributed by atoms with Gasteiger partial charge >= 0.3 is 6.03 Å². The minimum Gasteiger partial charge on any atom is -0.338 e. The number of amides is 4. The quantitative estimate of drug-likeness (QED) is 0.755. The Morgan fingerprint density at radius 2 is 1.80 bits per heavy atom. The van der Waals surface area contributed by atoms with Gasteiger partial charge in [0.05, 0.1) is 12.1 Å². The lowest BCUT2D eigenvalue weighted by Gasteiger charge is -2.37. The predicted octanol–water partition coefficient (Wildman–Crippen LogP) is 3.35. The first-order valence-corrected chi connectivity index (χ1v) is 9.80. The zero-order valence-electron chi connectivity index (χ0n) is 15.8. The fourth-order valence-electron chi connectivity index (χ4n) is 3.88. The summed E-state index contributed by atoms with van der Waals surface area (Å²) in [6.07, 6.45) is 0.360. The Bertz CT molecular complexity index is 1040. The van der Waals surface area contributed by atoms with E-state index in [4.69, 9.17) is 11.6 Å². The Kier molecular flexibility index (Phi) is 5.19. The van der Waals surface area contributed by atoms with E-state index in [0.717, 1.165) is 23.1 Å². The molecule has 0 bridgehead atoms. The van der Waals surface area contributed by atoms with E-state index in [2.05, 4.69) is 5.32 Å². The van der Waals surface area contributed by atoms with E-state index in [-0.39, 0.29) is 43.9 Å². The summed E-state index contributed by atoms with van der Waals surface area (Å²) in [6.45, 7) is 0.296. The first-order chi connectivity index (χ1) is 14.3. The van der Waals surface area contributed by atoms with Gasteiger partial charge in [-0.1, -0.05) is 29.8 Å². The molecule has 4 rings (SSSR count). The Balaban J connectivity index is 1.47. The lowest BCUT2D eigenvalue weighted by molar-refractivity contribution is -0.133. The minimum atomic E-state index is -1.12. The van der Waals surface area contributed by atoms with E-state index < -0.39 is 29.1 Å². The van der Waals surface area contributed by atoms with Gasteiger partial charge in [-0.05, 0) is 42.7 Å². The summed E-state index contributed by atoms with van der Waals surface area (Å²) in [5.41, 5.74) is -0.822. The molecule has 156 valence electrons. The van der Waals surface area contributed by atoms with Crippen molar-refractivity contribution in [3.05, 3.63) is 70.2 Å². The van der Waals surface area contributed by atoms with Crippen LogP contribution in [-0.2, 0) is 11.3 Å². The smallest absolute Gasteiger partial charge is 0.325 e. The molecule has 6 nitrogen and oxygen atoms in total. The molecule has 2 aliphatic rings. The van der Waals surface area contributed by atoms with Crippen molar-refractivity contribution in [2.45, 2.75) is 24.9 Å². The van der Waals surface area contributed by atoms with Crippen LogP contribution in [-0.4, -0.2) is 46.3 Å². The summed E-state index contributed by atoms with van der Waals surface area (Å²) in [5, 5.41) is 3.21. The van der Waals surface area contributed by atoms with E-state index in [0.29, 0.717) is 10.6 Å². The number of piperidine rings is 1. The zero-order valence-corrected chi connectivity index (χ0v) is 16.6. The lowest BCUT2D eigenvalue weighted by atomic mass is 9.87. The second-order valence-electron chi connectivity index (χ2n) is 7.41. The summed E-state index contributed by atoms with van der Waals surface area (Å²) in [5.74, 6) is -2.54. The second-order valence-corrected chi connectivity index (χ2v) is 7.82. The highest BCUT2D eigenvalue weighted by molar-refractivity contribution is 6.31. The molecule has 2 saturated heterocycles. The summed E-state index contributed by atoms with van der Waals surface area (Å²) in [7, 11) is 0. The summed E-state index contributed by atoms with van der Waals surface area (Å²) in [4.78, 5) is 40.6. The van der Waals surface area contributed by atoms with Gasteiger partial charge in [0.1, 0.15) is 17.2 Å². The van der Waals surface area contributed by atoms with Crippen molar-refractivity contribution >= 4 is 29.4 Å². The zero-order chi connectivity index (χ0) is 21.5. The van der Waals surface area contributed by atoms with Crippen LogP contribution in [0.15, 0.2) is 42.5 Å². The van der Waals surface area contributed by atoms with Gasteiger partial charge in [0.25, 0.3) is 11.8 Å². The third-order valence-electron chi connectivity index (χ3n) is 5.60. The van der Waals surface area contributed by atoms with E-state index in [9.17, 15) is 23.2 Å². The molecule has 30 heavy (non-hydrogen) atoms. The maximum Gasteiger partial charge on any atom is 0.325 e. The van der Waals surface area contributed by atoms with Crippen molar-refractivity contribution in [1.29, 1.82) is 0 Å². The maximum absolute atomic E-state index is 13.9. The number of imide groups is 1. The van der Waals surface area contributed by atoms with Crippen LogP contribution in [0.1, 0.15) is 28.8 Å². The molecule has 2 aliphatic heterocycles. The number of carbonyl (C=O) groups is 3. The number of nitrogens with zero attached hydrogens (tertiary/aromatic N) is 2. The van der Waals surface area contributed by atoms with Gasteiger partial charge in [-0.15, -0.1) is 0 Å². The topological polar surface area (TPSA) is 69.7 Å². The SMILES string of the molecule is O=C(c1cc(F)ccc1F)N1CCC2(CC1)NC(=O)N(Cc1ccccc1Cl)C2=O. The molecule has 0 unspecified atom stereocenters. The molecule has 2 aromatic rings. The molecule has 0 atom stereocenters. The normalized spacial score (nSPS) is 18.1. The van der Waals surface area contributed by atoms with E-state index in [1.54, 1.807) is 24.3 Å². The number of rotatable bonds is 3. The molecular formula is C21H18ClF2N3O3. The standard InChI is InChI=1S/C21H18ClF2N3O3/c22-16-4-2-1-3-13(16)12-27-19(29)21(25-20(27)30)7-9-26(10-8-21)18(28)15-11-14(23)5-6-17(15)24/h1-6,11H,7-10,12H2,(H,25,30). The molecule has 2 fully saturated rings. The molecule has 2 heterocycles. The van der Waals surface area contributed by atoms with Crippen molar-refractivity contribution in [1.82, 2.24) is 15.1 Å². The predicted molar refractivity (Wildman–Crippen MR) is 105 cm³/mol. The summed E-state index contributed by atoms with van der Waals surface area (Å²) in [6, 6.07) is 9.13. The number of benzene rings is 2.